The molecule has 6 heteroatoms. The Kier molecular flexibility index (Phi) is 3.60. The van der Waals surface area contributed by atoms with E-state index in [-0.39, 0.29) is 0 Å². The average Bonchev–Trinajstić information content (AvgIpc) is 2.26. The summed E-state index contributed by atoms with van der Waals surface area (Å²) in [4.78, 5) is 2.53. The van der Waals surface area contributed by atoms with E-state index in [9.17, 15) is 17.6 Å². The molecule has 0 saturated heterocycles. The summed E-state index contributed by atoms with van der Waals surface area (Å²) in [5, 5.41) is -0.932. The van der Waals surface area contributed by atoms with Crippen LogP contribution >= 0.6 is 0 Å². The molecule has 0 amide bonds. The lowest BCUT2D eigenvalue weighted by atomic mass is 9.60. The van der Waals surface area contributed by atoms with Crippen LogP contribution in [0.25, 0.3) is 0 Å². The molecule has 0 bridgehead atoms. The summed E-state index contributed by atoms with van der Waals surface area (Å²) in [6.45, 7) is 3.41. The fourth-order valence-corrected chi connectivity index (χ4v) is 1.62. The molecule has 0 aliphatic carbocycles. The molecule has 0 N–H and O–H groups in total. The second kappa shape index (κ2) is 4.43. The standard InChI is InChI=1S/C10H12BF4N/c1-3-10(11,4-2)5-6(12)8(14)16-9(15)7(5)13/h3-4,11H2,1-2H3. The summed E-state index contributed by atoms with van der Waals surface area (Å²) >= 11 is 0. The van der Waals surface area contributed by atoms with Crippen LogP contribution in [0.4, 0.5) is 17.6 Å². The van der Waals surface area contributed by atoms with E-state index in [2.05, 4.69) is 4.98 Å². The summed E-state index contributed by atoms with van der Waals surface area (Å²) < 4.78 is 52.8. The Morgan fingerprint density at radius 2 is 1.38 bits per heavy atom. The molecule has 0 aliphatic rings. The van der Waals surface area contributed by atoms with E-state index in [1.54, 1.807) is 21.7 Å². The first-order chi connectivity index (χ1) is 7.37. The molecule has 0 aliphatic heterocycles. The molecule has 0 unspecified atom stereocenters. The van der Waals surface area contributed by atoms with E-state index in [0.29, 0.717) is 12.8 Å². The van der Waals surface area contributed by atoms with Gasteiger partial charge in [0, 0.05) is 5.56 Å². The van der Waals surface area contributed by atoms with E-state index in [0.717, 1.165) is 0 Å². The maximum atomic E-state index is 13.5. The second-order valence-electron chi connectivity index (χ2n) is 3.96. The molecule has 0 saturated carbocycles. The van der Waals surface area contributed by atoms with Crippen LogP contribution in [0.15, 0.2) is 0 Å². The zero-order valence-corrected chi connectivity index (χ0v) is 9.37. The van der Waals surface area contributed by atoms with Crippen molar-refractivity contribution in [2.45, 2.75) is 32.0 Å². The highest BCUT2D eigenvalue weighted by Gasteiger charge is 2.33. The van der Waals surface area contributed by atoms with Gasteiger partial charge >= 0.3 is 0 Å². The molecule has 1 rings (SSSR count). The molecule has 16 heavy (non-hydrogen) atoms. The first-order valence-electron chi connectivity index (χ1n) is 5.07. The highest BCUT2D eigenvalue weighted by molar-refractivity contribution is 6.15. The van der Waals surface area contributed by atoms with E-state index >= 15 is 0 Å². The third-order valence-corrected chi connectivity index (χ3v) is 3.16. The fourth-order valence-electron chi connectivity index (χ4n) is 1.62. The minimum Gasteiger partial charge on any atom is -0.202 e. The van der Waals surface area contributed by atoms with Gasteiger partial charge in [0.2, 0.25) is 0 Å². The quantitative estimate of drug-likeness (QED) is 0.443. The molecular weight excluding hydrogens is 221 g/mol. The second-order valence-corrected chi connectivity index (χ2v) is 3.96. The van der Waals surface area contributed by atoms with Crippen LogP contribution in [0, 0.1) is 23.5 Å². The minimum atomic E-state index is -1.60. The zero-order valence-electron chi connectivity index (χ0n) is 9.37. The van der Waals surface area contributed by atoms with Crippen molar-refractivity contribution < 1.29 is 17.6 Å². The van der Waals surface area contributed by atoms with Crippen molar-refractivity contribution in [3.8, 4) is 0 Å². The van der Waals surface area contributed by atoms with Crippen LogP contribution in [0.3, 0.4) is 0 Å². The average molecular weight is 233 g/mol. The topological polar surface area (TPSA) is 12.9 Å². The van der Waals surface area contributed by atoms with E-state index < -0.39 is 34.4 Å². The lowest BCUT2D eigenvalue weighted by molar-refractivity contribution is 0.372. The number of pyridine rings is 1. The van der Waals surface area contributed by atoms with Crippen molar-refractivity contribution >= 4 is 7.85 Å². The molecule has 0 fully saturated rings. The van der Waals surface area contributed by atoms with Crippen molar-refractivity contribution in [1.82, 2.24) is 4.98 Å². The number of hydrogen-bond acceptors (Lipinski definition) is 1. The number of halogens is 4. The molecular formula is C10H12BF4N. The minimum absolute atomic E-state index is 0.375. The van der Waals surface area contributed by atoms with Gasteiger partial charge in [-0.3, -0.25) is 0 Å². The largest absolute Gasteiger partial charge is 0.252 e. The molecule has 0 radical (unpaired) electrons. The summed E-state index contributed by atoms with van der Waals surface area (Å²) in [6, 6.07) is 0. The lowest BCUT2D eigenvalue weighted by Crippen LogP contribution is -2.29. The SMILES string of the molecule is BC(CC)(CC)c1c(F)c(F)nc(F)c1F. The Bertz CT molecular complexity index is 378. The third-order valence-electron chi connectivity index (χ3n) is 3.16. The van der Waals surface area contributed by atoms with Crippen molar-refractivity contribution in [1.29, 1.82) is 0 Å². The van der Waals surface area contributed by atoms with Crippen molar-refractivity contribution in [3.05, 3.63) is 29.1 Å². The number of aromatic nitrogens is 1. The van der Waals surface area contributed by atoms with Gasteiger partial charge < -0.3 is 0 Å². The summed E-state index contributed by atoms with van der Waals surface area (Å²) in [5.74, 6) is -5.99. The molecule has 88 valence electrons. The molecule has 1 nitrogen and oxygen atoms in total. The fraction of sp³-hybridized carbons (Fsp3) is 0.500. The van der Waals surface area contributed by atoms with Crippen LogP contribution in [0.5, 0.6) is 0 Å². The molecule has 1 aromatic rings. The highest BCUT2D eigenvalue weighted by Crippen LogP contribution is 2.33. The van der Waals surface area contributed by atoms with Crippen LogP contribution in [-0.4, -0.2) is 12.8 Å². The van der Waals surface area contributed by atoms with Gasteiger partial charge in [0.1, 0.15) is 7.85 Å². The Morgan fingerprint density at radius 1 is 1.00 bits per heavy atom. The van der Waals surface area contributed by atoms with Gasteiger partial charge in [0.25, 0.3) is 11.9 Å². The van der Waals surface area contributed by atoms with Crippen LogP contribution in [-0.2, 0) is 5.31 Å². The predicted molar refractivity (Wildman–Crippen MR) is 54.9 cm³/mol. The van der Waals surface area contributed by atoms with Gasteiger partial charge in [-0.1, -0.05) is 26.7 Å². The first kappa shape index (κ1) is 13.0. The summed E-state index contributed by atoms with van der Waals surface area (Å²) in [5.41, 5.74) is -0.553. The Balaban J connectivity index is 3.54. The number of hydrogen-bond donors (Lipinski definition) is 0. The van der Waals surface area contributed by atoms with E-state index in [1.165, 1.54) is 0 Å². The van der Waals surface area contributed by atoms with E-state index in [1.807, 2.05) is 0 Å². The number of nitrogens with zero attached hydrogens (tertiary/aromatic N) is 1. The molecule has 1 heterocycles. The Hall–Kier alpha value is -1.07. The Labute approximate surface area is 92.3 Å². The molecule has 1 aromatic heterocycles. The Morgan fingerprint density at radius 3 is 1.69 bits per heavy atom. The van der Waals surface area contributed by atoms with Crippen LogP contribution in [0.1, 0.15) is 32.3 Å². The maximum absolute atomic E-state index is 13.5. The summed E-state index contributed by atoms with van der Waals surface area (Å²) in [6.07, 6.45) is 0.750. The number of rotatable bonds is 3. The van der Waals surface area contributed by atoms with Gasteiger partial charge in [-0.2, -0.15) is 13.8 Å². The van der Waals surface area contributed by atoms with Crippen molar-refractivity contribution in [2.24, 2.45) is 0 Å². The third kappa shape index (κ3) is 1.93. The van der Waals surface area contributed by atoms with Crippen molar-refractivity contribution in [3.63, 3.8) is 0 Å². The molecule has 0 spiro atoms. The summed E-state index contributed by atoms with van der Waals surface area (Å²) in [7, 11) is 1.56. The lowest BCUT2D eigenvalue weighted by Gasteiger charge is -2.28. The predicted octanol–water partition coefficient (Wildman–Crippen LogP) is 2.29. The van der Waals surface area contributed by atoms with Gasteiger partial charge in [-0.25, -0.2) is 8.78 Å². The smallest absolute Gasteiger partial charge is 0.202 e. The van der Waals surface area contributed by atoms with Crippen LogP contribution in [0.2, 0.25) is 0 Å². The van der Waals surface area contributed by atoms with Gasteiger partial charge in [0.05, 0.1) is 0 Å². The van der Waals surface area contributed by atoms with Crippen LogP contribution < -0.4 is 0 Å². The first-order valence-corrected chi connectivity index (χ1v) is 5.07. The van der Waals surface area contributed by atoms with E-state index in [4.69, 9.17) is 0 Å². The van der Waals surface area contributed by atoms with Gasteiger partial charge in [-0.15, -0.1) is 0 Å². The van der Waals surface area contributed by atoms with Crippen molar-refractivity contribution in [2.75, 3.05) is 0 Å². The monoisotopic (exact) mass is 233 g/mol. The molecule has 0 aromatic carbocycles. The molecule has 0 atom stereocenters. The zero-order chi connectivity index (χ0) is 12.5. The van der Waals surface area contributed by atoms with Gasteiger partial charge in [-0.05, 0) is 5.31 Å². The highest BCUT2D eigenvalue weighted by atomic mass is 19.2. The van der Waals surface area contributed by atoms with Gasteiger partial charge in [0.15, 0.2) is 11.6 Å². The maximum Gasteiger partial charge on any atom is 0.252 e. The normalized spacial score (nSPS) is 11.9.